The minimum absolute atomic E-state index is 0.166. The van der Waals surface area contributed by atoms with Gasteiger partial charge in [-0.15, -0.1) is 0 Å². The summed E-state index contributed by atoms with van der Waals surface area (Å²) in [6, 6.07) is 9.05. The van der Waals surface area contributed by atoms with E-state index in [1.54, 1.807) is 30.9 Å². The number of halogens is 2. The molecular weight excluding hydrogens is 447 g/mol. The van der Waals surface area contributed by atoms with Gasteiger partial charge in [-0.05, 0) is 44.0 Å². The highest BCUT2D eigenvalue weighted by atomic mass is 35.5. The van der Waals surface area contributed by atoms with Crippen molar-refractivity contribution in [3.8, 4) is 11.1 Å². The molecule has 1 aliphatic heterocycles. The zero-order valence-electron chi connectivity index (χ0n) is 18.6. The molecule has 3 aromatic rings. The Balaban J connectivity index is 1.82. The van der Waals surface area contributed by atoms with Crippen molar-refractivity contribution in [2.45, 2.75) is 39.8 Å². The van der Waals surface area contributed by atoms with Crippen LogP contribution in [0.5, 0.6) is 0 Å². The van der Waals surface area contributed by atoms with Gasteiger partial charge in [0.1, 0.15) is 16.9 Å². The Labute approximate surface area is 197 Å². The summed E-state index contributed by atoms with van der Waals surface area (Å²) in [6.07, 6.45) is 2.03. The van der Waals surface area contributed by atoms with Crippen molar-refractivity contribution in [2.24, 2.45) is 5.92 Å². The second kappa shape index (κ2) is 8.41. The highest BCUT2D eigenvalue weighted by Gasteiger charge is 2.41. The van der Waals surface area contributed by atoms with E-state index < -0.39 is 5.54 Å². The molecule has 1 aliphatic rings. The van der Waals surface area contributed by atoms with Crippen LogP contribution in [-0.2, 0) is 11.3 Å². The van der Waals surface area contributed by atoms with Crippen molar-refractivity contribution in [2.75, 3.05) is 13.1 Å². The number of fused-ring (bicyclic) bond motifs is 1. The van der Waals surface area contributed by atoms with E-state index in [-0.39, 0.29) is 11.8 Å². The molecule has 168 valence electrons. The molecule has 0 unspecified atom stereocenters. The molecule has 0 spiro atoms. The first-order chi connectivity index (χ1) is 15.1. The molecular formula is C24H26Cl2N4O2. The van der Waals surface area contributed by atoms with E-state index >= 15 is 0 Å². The molecule has 0 atom stereocenters. The van der Waals surface area contributed by atoms with Crippen molar-refractivity contribution in [3.63, 3.8) is 0 Å². The van der Waals surface area contributed by atoms with Gasteiger partial charge in [-0.3, -0.25) is 9.59 Å². The van der Waals surface area contributed by atoms with Crippen molar-refractivity contribution in [3.05, 3.63) is 52.3 Å². The second-order valence-electron chi connectivity index (χ2n) is 9.05. The van der Waals surface area contributed by atoms with E-state index in [1.165, 1.54) is 0 Å². The molecule has 0 saturated carbocycles. The maximum absolute atomic E-state index is 13.3. The lowest BCUT2D eigenvalue weighted by Gasteiger charge is -2.40. The fourth-order valence-corrected chi connectivity index (χ4v) is 4.64. The van der Waals surface area contributed by atoms with E-state index in [4.69, 9.17) is 28.2 Å². The molecule has 6 nitrogen and oxygen atoms in total. The molecule has 1 fully saturated rings. The number of hydrogen-bond acceptors (Lipinski definition) is 3. The van der Waals surface area contributed by atoms with Crippen LogP contribution >= 0.6 is 23.2 Å². The van der Waals surface area contributed by atoms with Gasteiger partial charge in [0.25, 0.3) is 5.91 Å². The molecule has 4 rings (SSSR count). The van der Waals surface area contributed by atoms with E-state index in [1.807, 2.05) is 24.4 Å². The summed E-state index contributed by atoms with van der Waals surface area (Å²) >= 11 is 12.6. The smallest absolute Gasteiger partial charge is 0.273 e. The van der Waals surface area contributed by atoms with Gasteiger partial charge in [-0.2, -0.15) is 0 Å². The first-order valence-corrected chi connectivity index (χ1v) is 11.4. The molecule has 2 aromatic heterocycles. The minimum atomic E-state index is -0.937. The number of benzene rings is 1. The van der Waals surface area contributed by atoms with Gasteiger partial charge in [-0.1, -0.05) is 43.1 Å². The third-order valence-electron chi connectivity index (χ3n) is 5.82. The van der Waals surface area contributed by atoms with Crippen molar-refractivity contribution in [1.29, 1.82) is 0 Å². The molecule has 0 aliphatic carbocycles. The maximum atomic E-state index is 13.3. The molecule has 1 saturated heterocycles. The number of carbonyl (C=O) groups excluding carboxylic acids is 2. The lowest BCUT2D eigenvalue weighted by molar-refractivity contribution is -0.133. The summed E-state index contributed by atoms with van der Waals surface area (Å²) in [7, 11) is 0. The average Bonchev–Trinajstić information content (AvgIpc) is 3.06. The van der Waals surface area contributed by atoms with Gasteiger partial charge in [0, 0.05) is 52.4 Å². The topological polar surface area (TPSA) is 67.2 Å². The molecule has 2 amide bonds. The molecule has 8 heteroatoms. The van der Waals surface area contributed by atoms with E-state index in [0.717, 1.165) is 23.1 Å². The Morgan fingerprint density at radius 2 is 1.94 bits per heavy atom. The largest absolute Gasteiger partial charge is 0.352 e. The van der Waals surface area contributed by atoms with E-state index in [0.29, 0.717) is 40.4 Å². The Morgan fingerprint density at radius 3 is 2.62 bits per heavy atom. The van der Waals surface area contributed by atoms with Crippen LogP contribution in [0.4, 0.5) is 0 Å². The fraction of sp³-hybridized carbons (Fsp3) is 0.375. The number of pyridine rings is 1. The van der Waals surface area contributed by atoms with Crippen molar-refractivity contribution >= 4 is 46.0 Å². The third kappa shape index (κ3) is 3.97. The SMILES string of the molecule is CC(C)Cn1cc(-c2ccc(Cl)cc2Cl)c2ccc(C(=O)N3CCNC(=O)C3(C)C)nc21. The summed E-state index contributed by atoms with van der Waals surface area (Å²) in [6.45, 7) is 9.37. The summed E-state index contributed by atoms with van der Waals surface area (Å²) in [4.78, 5) is 32.0. The summed E-state index contributed by atoms with van der Waals surface area (Å²) < 4.78 is 2.06. The van der Waals surface area contributed by atoms with Gasteiger partial charge < -0.3 is 14.8 Å². The summed E-state index contributed by atoms with van der Waals surface area (Å²) in [5.41, 5.74) is 1.89. The number of rotatable bonds is 4. The van der Waals surface area contributed by atoms with Crippen LogP contribution in [0.15, 0.2) is 36.5 Å². The Hall–Kier alpha value is -2.57. The summed E-state index contributed by atoms with van der Waals surface area (Å²) in [5.74, 6) is -0.0406. The van der Waals surface area contributed by atoms with Gasteiger partial charge in [0.05, 0.1) is 0 Å². The van der Waals surface area contributed by atoms with Crippen LogP contribution in [0.2, 0.25) is 10.0 Å². The number of amides is 2. The number of piperazine rings is 1. The standard InChI is InChI=1S/C24H26Cl2N4O2/c1-14(2)12-29-13-18(16-6-5-15(25)11-19(16)26)17-7-8-20(28-21(17)29)22(31)30-10-9-27-23(32)24(30,3)4/h5-8,11,13-14H,9-10,12H2,1-4H3,(H,27,32). The normalized spacial score (nSPS) is 16.0. The van der Waals surface area contributed by atoms with Crippen LogP contribution < -0.4 is 5.32 Å². The Bertz CT molecular complexity index is 1220. The van der Waals surface area contributed by atoms with Crippen LogP contribution in [0.3, 0.4) is 0 Å². The third-order valence-corrected chi connectivity index (χ3v) is 6.37. The van der Waals surface area contributed by atoms with Crippen molar-refractivity contribution in [1.82, 2.24) is 19.8 Å². The lowest BCUT2D eigenvalue weighted by atomic mass is 9.98. The predicted molar refractivity (Wildman–Crippen MR) is 128 cm³/mol. The molecule has 1 N–H and O–H groups in total. The van der Waals surface area contributed by atoms with Crippen LogP contribution in [0.25, 0.3) is 22.2 Å². The van der Waals surface area contributed by atoms with E-state index in [2.05, 4.69) is 23.7 Å². The lowest BCUT2D eigenvalue weighted by Crippen LogP contribution is -2.63. The quantitative estimate of drug-likeness (QED) is 0.579. The average molecular weight is 473 g/mol. The molecule has 0 radical (unpaired) electrons. The van der Waals surface area contributed by atoms with Gasteiger partial charge in [-0.25, -0.2) is 4.98 Å². The number of nitrogens with one attached hydrogen (secondary N) is 1. The highest BCUT2D eigenvalue weighted by molar-refractivity contribution is 6.36. The number of carbonyl (C=O) groups is 2. The molecule has 3 heterocycles. The molecule has 1 aromatic carbocycles. The fourth-order valence-electron chi connectivity index (χ4n) is 4.13. The first kappa shape index (κ1) is 22.6. The number of aromatic nitrogens is 2. The van der Waals surface area contributed by atoms with E-state index in [9.17, 15) is 9.59 Å². The zero-order chi connectivity index (χ0) is 23.2. The highest BCUT2D eigenvalue weighted by Crippen LogP contribution is 2.36. The summed E-state index contributed by atoms with van der Waals surface area (Å²) in [5, 5.41) is 4.86. The number of hydrogen-bond donors (Lipinski definition) is 1. The van der Waals surface area contributed by atoms with Gasteiger partial charge in [0.15, 0.2) is 0 Å². The van der Waals surface area contributed by atoms with Gasteiger partial charge >= 0.3 is 0 Å². The monoisotopic (exact) mass is 472 g/mol. The Kier molecular flexibility index (Phi) is 5.94. The zero-order valence-corrected chi connectivity index (χ0v) is 20.1. The van der Waals surface area contributed by atoms with Crippen molar-refractivity contribution < 1.29 is 9.59 Å². The van der Waals surface area contributed by atoms with Gasteiger partial charge in [0.2, 0.25) is 5.91 Å². The first-order valence-electron chi connectivity index (χ1n) is 10.6. The molecule has 32 heavy (non-hydrogen) atoms. The van der Waals surface area contributed by atoms with Crippen LogP contribution in [0.1, 0.15) is 38.2 Å². The number of nitrogens with zero attached hydrogens (tertiary/aromatic N) is 3. The second-order valence-corrected chi connectivity index (χ2v) is 9.90. The predicted octanol–water partition coefficient (Wildman–Crippen LogP) is 5.02. The Morgan fingerprint density at radius 1 is 1.19 bits per heavy atom. The minimum Gasteiger partial charge on any atom is -0.352 e. The molecule has 0 bridgehead atoms. The maximum Gasteiger partial charge on any atom is 0.273 e. The van der Waals surface area contributed by atoms with Crippen LogP contribution in [0, 0.1) is 5.92 Å². The van der Waals surface area contributed by atoms with Crippen LogP contribution in [-0.4, -0.2) is 44.9 Å².